The zero-order valence-corrected chi connectivity index (χ0v) is 17.9. The molecule has 4 rings (SSSR count). The highest BCUT2D eigenvalue weighted by Crippen LogP contribution is 2.21. The first-order valence-electron chi connectivity index (χ1n) is 9.76. The predicted molar refractivity (Wildman–Crippen MR) is 118 cm³/mol. The summed E-state index contributed by atoms with van der Waals surface area (Å²) in [5, 5.41) is 1.66. The maximum Gasteiger partial charge on any atom is 0.253 e. The highest BCUT2D eigenvalue weighted by molar-refractivity contribution is 7.09. The Bertz CT molecular complexity index is 971. The van der Waals surface area contributed by atoms with Crippen molar-refractivity contribution in [3.8, 4) is 0 Å². The highest BCUT2D eigenvalue weighted by Gasteiger charge is 2.22. The number of hydrogen-bond acceptors (Lipinski definition) is 5. The van der Waals surface area contributed by atoms with Crippen LogP contribution in [0, 0.1) is 6.92 Å². The van der Waals surface area contributed by atoms with Crippen molar-refractivity contribution in [3.63, 3.8) is 0 Å². The Balaban J connectivity index is 1.38. The fourth-order valence-corrected chi connectivity index (χ4v) is 4.28. The Labute approximate surface area is 180 Å². The molecule has 0 bridgehead atoms. The molecular formula is C22H23ClN4OS. The van der Waals surface area contributed by atoms with E-state index in [1.807, 2.05) is 60.4 Å². The monoisotopic (exact) mass is 426 g/mol. The van der Waals surface area contributed by atoms with Crippen molar-refractivity contribution in [2.75, 3.05) is 31.1 Å². The van der Waals surface area contributed by atoms with E-state index in [1.54, 1.807) is 0 Å². The summed E-state index contributed by atoms with van der Waals surface area (Å²) in [5.41, 5.74) is 3.06. The van der Waals surface area contributed by atoms with Gasteiger partial charge in [0, 0.05) is 54.7 Å². The Kier molecular flexibility index (Phi) is 6.11. The number of anilines is 1. The number of carbonyl (C=O) groups excluding carboxylic acids is 1. The third-order valence-corrected chi connectivity index (χ3v) is 6.15. The van der Waals surface area contributed by atoms with Crippen LogP contribution in [-0.2, 0) is 6.42 Å². The van der Waals surface area contributed by atoms with Crippen molar-refractivity contribution in [2.45, 2.75) is 19.8 Å². The number of aryl methyl sites for hydroxylation is 1. The summed E-state index contributed by atoms with van der Waals surface area (Å²) in [5.74, 6) is 0.927. The average Bonchev–Trinajstić information content (AvgIpc) is 3.04. The second kappa shape index (κ2) is 8.93. The summed E-state index contributed by atoms with van der Waals surface area (Å²) in [6, 6.07) is 15.6. The minimum absolute atomic E-state index is 0.104. The molecule has 5 nitrogen and oxygen atoms in total. The molecule has 1 aromatic heterocycles. The Hall–Kier alpha value is -2.44. The van der Waals surface area contributed by atoms with Gasteiger partial charge in [0.05, 0.1) is 0 Å². The molecule has 1 amide bonds. The SMILES string of the molecule is Cc1ccc(C(=O)N2CCCN(c3nc(Cc4ccc(Cl)cc4)ns3)CC2)cc1. The average molecular weight is 427 g/mol. The third-order valence-electron chi connectivity index (χ3n) is 5.09. The lowest BCUT2D eigenvalue weighted by Crippen LogP contribution is -2.35. The van der Waals surface area contributed by atoms with Crippen LogP contribution >= 0.6 is 23.1 Å². The zero-order chi connectivity index (χ0) is 20.2. The third kappa shape index (κ3) is 4.95. The van der Waals surface area contributed by atoms with Gasteiger partial charge in [-0.3, -0.25) is 4.79 Å². The minimum atomic E-state index is 0.104. The number of carbonyl (C=O) groups is 1. The molecule has 0 atom stereocenters. The van der Waals surface area contributed by atoms with Crippen LogP contribution in [-0.4, -0.2) is 46.3 Å². The largest absolute Gasteiger partial charge is 0.345 e. The first kappa shape index (κ1) is 19.9. The van der Waals surface area contributed by atoms with Crippen LogP contribution in [0.4, 0.5) is 5.13 Å². The lowest BCUT2D eigenvalue weighted by atomic mass is 10.1. The van der Waals surface area contributed by atoms with E-state index in [9.17, 15) is 4.79 Å². The molecule has 1 aliphatic heterocycles. The van der Waals surface area contributed by atoms with Crippen molar-refractivity contribution in [2.24, 2.45) is 0 Å². The van der Waals surface area contributed by atoms with E-state index in [0.29, 0.717) is 13.0 Å². The van der Waals surface area contributed by atoms with Crippen LogP contribution < -0.4 is 4.90 Å². The van der Waals surface area contributed by atoms with Crippen LogP contribution in [0.5, 0.6) is 0 Å². The fraction of sp³-hybridized carbons (Fsp3) is 0.318. The van der Waals surface area contributed by atoms with Crippen LogP contribution in [0.1, 0.15) is 33.7 Å². The second-order valence-electron chi connectivity index (χ2n) is 7.30. The molecule has 2 heterocycles. The molecule has 7 heteroatoms. The van der Waals surface area contributed by atoms with Crippen molar-refractivity contribution < 1.29 is 4.79 Å². The molecule has 3 aromatic rings. The van der Waals surface area contributed by atoms with E-state index >= 15 is 0 Å². The standard InChI is InChI=1S/C22H23ClN4OS/c1-16-3-7-18(8-4-16)21(28)26-11-2-12-27(14-13-26)22-24-20(25-29-22)15-17-5-9-19(23)10-6-17/h3-10H,2,11-15H2,1H3. The van der Waals surface area contributed by atoms with Crippen LogP contribution in [0.15, 0.2) is 48.5 Å². The van der Waals surface area contributed by atoms with Gasteiger partial charge in [0.25, 0.3) is 5.91 Å². The lowest BCUT2D eigenvalue weighted by Gasteiger charge is -2.21. The molecule has 0 saturated carbocycles. The van der Waals surface area contributed by atoms with Gasteiger partial charge in [0.15, 0.2) is 0 Å². The van der Waals surface area contributed by atoms with Crippen LogP contribution in [0.3, 0.4) is 0 Å². The first-order chi connectivity index (χ1) is 14.1. The van der Waals surface area contributed by atoms with Gasteiger partial charge < -0.3 is 9.80 Å². The van der Waals surface area contributed by atoms with E-state index in [-0.39, 0.29) is 5.91 Å². The summed E-state index contributed by atoms with van der Waals surface area (Å²) >= 11 is 7.38. The maximum atomic E-state index is 12.8. The summed E-state index contributed by atoms with van der Waals surface area (Å²) < 4.78 is 4.53. The normalized spacial score (nSPS) is 14.7. The molecule has 1 aliphatic rings. The summed E-state index contributed by atoms with van der Waals surface area (Å²) in [7, 11) is 0. The smallest absolute Gasteiger partial charge is 0.253 e. The number of aromatic nitrogens is 2. The summed E-state index contributed by atoms with van der Waals surface area (Å²) in [4.78, 5) is 21.7. The van der Waals surface area contributed by atoms with Gasteiger partial charge in [-0.2, -0.15) is 4.37 Å². The lowest BCUT2D eigenvalue weighted by molar-refractivity contribution is 0.0767. The number of nitrogens with zero attached hydrogens (tertiary/aromatic N) is 4. The van der Waals surface area contributed by atoms with E-state index < -0.39 is 0 Å². The molecule has 0 unspecified atom stereocenters. The molecule has 29 heavy (non-hydrogen) atoms. The number of rotatable bonds is 4. The van der Waals surface area contributed by atoms with Crippen molar-refractivity contribution >= 4 is 34.2 Å². The van der Waals surface area contributed by atoms with Gasteiger partial charge in [0.1, 0.15) is 5.82 Å². The number of hydrogen-bond donors (Lipinski definition) is 0. The molecule has 2 aromatic carbocycles. The Morgan fingerprint density at radius 1 is 1.03 bits per heavy atom. The fourth-order valence-electron chi connectivity index (χ4n) is 3.42. The van der Waals surface area contributed by atoms with E-state index in [2.05, 4.69) is 9.27 Å². The van der Waals surface area contributed by atoms with Gasteiger partial charge in [-0.25, -0.2) is 4.98 Å². The van der Waals surface area contributed by atoms with E-state index in [1.165, 1.54) is 11.5 Å². The summed E-state index contributed by atoms with van der Waals surface area (Å²) in [6.45, 7) is 5.14. The molecule has 0 N–H and O–H groups in total. The molecule has 0 spiro atoms. The number of halogens is 1. The highest BCUT2D eigenvalue weighted by atomic mass is 35.5. The van der Waals surface area contributed by atoms with Gasteiger partial charge in [-0.1, -0.05) is 41.4 Å². The molecule has 1 fully saturated rings. The molecule has 150 valence electrons. The second-order valence-corrected chi connectivity index (χ2v) is 8.46. The van der Waals surface area contributed by atoms with Crippen LogP contribution in [0.2, 0.25) is 5.02 Å². The zero-order valence-electron chi connectivity index (χ0n) is 16.3. The molecule has 0 radical (unpaired) electrons. The van der Waals surface area contributed by atoms with Gasteiger partial charge in [-0.05, 0) is 43.2 Å². The van der Waals surface area contributed by atoms with Crippen molar-refractivity contribution in [3.05, 3.63) is 76.1 Å². The van der Waals surface area contributed by atoms with Gasteiger partial charge in [-0.15, -0.1) is 0 Å². The quantitative estimate of drug-likeness (QED) is 0.618. The van der Waals surface area contributed by atoms with Crippen molar-refractivity contribution in [1.82, 2.24) is 14.3 Å². The Morgan fingerprint density at radius 2 is 1.79 bits per heavy atom. The molecule has 1 saturated heterocycles. The Morgan fingerprint density at radius 3 is 2.55 bits per heavy atom. The van der Waals surface area contributed by atoms with Crippen molar-refractivity contribution in [1.29, 1.82) is 0 Å². The maximum absolute atomic E-state index is 12.8. The van der Waals surface area contributed by atoms with Crippen LogP contribution in [0.25, 0.3) is 0 Å². The summed E-state index contributed by atoms with van der Waals surface area (Å²) in [6.07, 6.45) is 1.61. The van der Waals surface area contributed by atoms with E-state index in [4.69, 9.17) is 16.6 Å². The topological polar surface area (TPSA) is 49.3 Å². The minimum Gasteiger partial charge on any atom is -0.345 e. The van der Waals surface area contributed by atoms with E-state index in [0.717, 1.165) is 58.7 Å². The molecule has 0 aliphatic carbocycles. The molecular weight excluding hydrogens is 404 g/mol. The number of amides is 1. The first-order valence-corrected chi connectivity index (χ1v) is 10.9. The number of benzene rings is 2. The predicted octanol–water partition coefficient (Wildman–Crippen LogP) is 4.44. The van der Waals surface area contributed by atoms with Gasteiger partial charge >= 0.3 is 0 Å². The van der Waals surface area contributed by atoms with Gasteiger partial charge in [0.2, 0.25) is 5.13 Å².